The quantitative estimate of drug-likeness (QED) is 0.907. The number of carbonyl (C=O) groups excluding carboxylic acids is 1. The Bertz CT molecular complexity index is 495. The van der Waals surface area contributed by atoms with E-state index in [0.717, 1.165) is 5.56 Å². The van der Waals surface area contributed by atoms with E-state index in [0.29, 0.717) is 12.1 Å². The highest BCUT2D eigenvalue weighted by atomic mass is 19.3. The second kappa shape index (κ2) is 4.79. The number of ether oxygens (including phenoxy) is 1. The van der Waals surface area contributed by atoms with E-state index in [9.17, 15) is 13.6 Å². The molecule has 0 fully saturated rings. The number of halogens is 2. The van der Waals surface area contributed by atoms with Crippen molar-refractivity contribution in [3.8, 4) is 5.75 Å². The van der Waals surface area contributed by atoms with E-state index < -0.39 is 6.61 Å². The summed E-state index contributed by atoms with van der Waals surface area (Å²) in [6, 6.07) is 4.56. The predicted molar refractivity (Wildman–Crippen MR) is 68.5 cm³/mol. The van der Waals surface area contributed by atoms with Crippen LogP contribution in [-0.4, -0.2) is 12.5 Å². The maximum Gasteiger partial charge on any atom is 0.387 e. The fraction of sp³-hybridized carbons (Fsp3) is 0.500. The molecule has 0 aromatic heterocycles. The van der Waals surface area contributed by atoms with Gasteiger partial charge in [-0.2, -0.15) is 8.78 Å². The summed E-state index contributed by atoms with van der Waals surface area (Å²) < 4.78 is 28.8. The maximum absolute atomic E-state index is 12.2. The summed E-state index contributed by atoms with van der Waals surface area (Å²) in [6.45, 7) is 3.26. The molecule has 1 N–H and O–H groups in total. The monoisotopic (exact) mass is 269 g/mol. The van der Waals surface area contributed by atoms with Crippen molar-refractivity contribution in [1.29, 1.82) is 0 Å². The van der Waals surface area contributed by atoms with Crippen LogP contribution in [0.5, 0.6) is 5.75 Å². The summed E-state index contributed by atoms with van der Waals surface area (Å²) in [5.41, 5.74) is 1.39. The molecule has 1 heterocycles. The summed E-state index contributed by atoms with van der Waals surface area (Å²) in [6.07, 6.45) is 0.657. The van der Waals surface area contributed by atoms with Crippen LogP contribution in [0.1, 0.15) is 38.7 Å². The van der Waals surface area contributed by atoms with Gasteiger partial charge in [0.2, 0.25) is 5.91 Å². The first-order chi connectivity index (χ1) is 8.76. The van der Waals surface area contributed by atoms with E-state index in [1.54, 1.807) is 6.07 Å². The van der Waals surface area contributed by atoms with Crippen LogP contribution in [0.4, 0.5) is 14.5 Å². The van der Waals surface area contributed by atoms with Gasteiger partial charge in [0.25, 0.3) is 0 Å². The lowest BCUT2D eigenvalue weighted by molar-refractivity contribution is -0.117. The molecule has 1 aromatic rings. The van der Waals surface area contributed by atoms with Gasteiger partial charge in [-0.3, -0.25) is 4.79 Å². The first-order valence-corrected chi connectivity index (χ1v) is 6.16. The number of nitrogens with one attached hydrogen (secondary N) is 1. The Morgan fingerprint density at radius 3 is 2.63 bits per heavy atom. The molecule has 1 unspecified atom stereocenters. The lowest BCUT2D eigenvalue weighted by Gasteiger charge is -2.22. The molecule has 5 heteroatoms. The first-order valence-electron chi connectivity index (χ1n) is 6.16. The number of alkyl halides is 2. The second-order valence-electron chi connectivity index (χ2n) is 5.93. The van der Waals surface area contributed by atoms with Gasteiger partial charge in [-0.25, -0.2) is 0 Å². The molecule has 1 aliphatic heterocycles. The van der Waals surface area contributed by atoms with Crippen molar-refractivity contribution < 1.29 is 18.3 Å². The molecule has 0 aliphatic carbocycles. The lowest BCUT2D eigenvalue weighted by Crippen LogP contribution is -2.18. The van der Waals surface area contributed by atoms with Crippen LogP contribution in [-0.2, 0) is 4.79 Å². The molecule has 104 valence electrons. The smallest absolute Gasteiger partial charge is 0.387 e. The fourth-order valence-corrected chi connectivity index (χ4v) is 2.30. The van der Waals surface area contributed by atoms with E-state index in [1.165, 1.54) is 12.1 Å². The Hall–Kier alpha value is -1.65. The minimum atomic E-state index is -2.86. The van der Waals surface area contributed by atoms with Crippen molar-refractivity contribution in [2.75, 3.05) is 5.32 Å². The number of carbonyl (C=O) groups is 1. The summed E-state index contributed by atoms with van der Waals surface area (Å²) in [4.78, 5) is 11.9. The Morgan fingerprint density at radius 1 is 1.37 bits per heavy atom. The lowest BCUT2D eigenvalue weighted by atomic mass is 9.82. The van der Waals surface area contributed by atoms with Crippen LogP contribution in [0.2, 0.25) is 0 Å². The minimum absolute atomic E-state index is 0.0246. The van der Waals surface area contributed by atoms with Crippen LogP contribution < -0.4 is 10.1 Å². The van der Waals surface area contributed by atoms with E-state index in [1.807, 2.05) is 20.8 Å². The maximum atomic E-state index is 12.2. The largest absolute Gasteiger partial charge is 0.435 e. The van der Waals surface area contributed by atoms with Gasteiger partial charge in [0.1, 0.15) is 5.75 Å². The Morgan fingerprint density at radius 2 is 2.05 bits per heavy atom. The fourth-order valence-electron chi connectivity index (χ4n) is 2.30. The minimum Gasteiger partial charge on any atom is -0.435 e. The van der Waals surface area contributed by atoms with Gasteiger partial charge >= 0.3 is 6.61 Å². The van der Waals surface area contributed by atoms with Crippen LogP contribution >= 0.6 is 0 Å². The molecular weight excluding hydrogens is 252 g/mol. The number of rotatable bonds is 3. The molecule has 0 saturated carbocycles. The molecule has 0 saturated heterocycles. The summed E-state index contributed by atoms with van der Waals surface area (Å²) in [5.74, 6) is -0.306. The van der Waals surface area contributed by atoms with E-state index >= 15 is 0 Å². The molecule has 1 aromatic carbocycles. The molecule has 3 nitrogen and oxygen atoms in total. The normalized spacial score (nSPS) is 18.4. The van der Waals surface area contributed by atoms with Crippen LogP contribution in [0.3, 0.4) is 0 Å². The number of fused-ring (bicyclic) bond motifs is 1. The zero-order chi connectivity index (χ0) is 14.2. The van der Waals surface area contributed by atoms with Crippen LogP contribution in [0, 0.1) is 5.41 Å². The molecule has 1 amide bonds. The molecule has 0 radical (unpaired) electrons. The van der Waals surface area contributed by atoms with Crippen LogP contribution in [0.25, 0.3) is 0 Å². The summed E-state index contributed by atoms with van der Waals surface area (Å²) in [7, 11) is 0. The van der Waals surface area contributed by atoms with Gasteiger partial charge in [0.05, 0.1) is 5.92 Å². The number of amides is 1. The van der Waals surface area contributed by atoms with E-state index in [4.69, 9.17) is 0 Å². The van der Waals surface area contributed by atoms with Gasteiger partial charge < -0.3 is 10.1 Å². The third-order valence-corrected chi connectivity index (χ3v) is 3.01. The van der Waals surface area contributed by atoms with E-state index in [-0.39, 0.29) is 23.0 Å². The average Bonchev–Trinajstić information content (AvgIpc) is 2.53. The zero-order valence-corrected chi connectivity index (χ0v) is 11.2. The highest BCUT2D eigenvalue weighted by molar-refractivity contribution is 6.03. The molecule has 0 spiro atoms. The summed E-state index contributed by atoms with van der Waals surface area (Å²) >= 11 is 0. The third kappa shape index (κ3) is 3.22. The van der Waals surface area contributed by atoms with E-state index in [2.05, 4.69) is 10.1 Å². The zero-order valence-electron chi connectivity index (χ0n) is 11.2. The second-order valence-corrected chi connectivity index (χ2v) is 5.93. The first kappa shape index (κ1) is 13.8. The Labute approximate surface area is 111 Å². The SMILES string of the molecule is CC(C)(C)CC1C(=O)Nc2ccc(OC(F)F)cc21. The van der Waals surface area contributed by atoms with Crippen LogP contribution in [0.15, 0.2) is 18.2 Å². The highest BCUT2D eigenvalue weighted by Crippen LogP contribution is 2.41. The molecule has 19 heavy (non-hydrogen) atoms. The Balaban J connectivity index is 2.29. The van der Waals surface area contributed by atoms with Gasteiger partial charge in [-0.05, 0) is 35.6 Å². The average molecular weight is 269 g/mol. The van der Waals surface area contributed by atoms with Crippen molar-refractivity contribution in [1.82, 2.24) is 0 Å². The number of anilines is 1. The Kier molecular flexibility index (Phi) is 3.47. The summed E-state index contributed by atoms with van der Waals surface area (Å²) in [5, 5.41) is 2.77. The van der Waals surface area contributed by atoms with Crippen molar-refractivity contribution >= 4 is 11.6 Å². The molecule has 0 bridgehead atoms. The molecular formula is C14H17F2NO2. The molecule has 2 rings (SSSR count). The van der Waals surface area contributed by atoms with Crippen molar-refractivity contribution in [2.24, 2.45) is 5.41 Å². The van der Waals surface area contributed by atoms with Crippen molar-refractivity contribution in [2.45, 2.75) is 39.7 Å². The van der Waals surface area contributed by atoms with Gasteiger partial charge in [-0.1, -0.05) is 20.8 Å². The van der Waals surface area contributed by atoms with Gasteiger partial charge in [0.15, 0.2) is 0 Å². The van der Waals surface area contributed by atoms with Crippen molar-refractivity contribution in [3.63, 3.8) is 0 Å². The number of benzene rings is 1. The molecule has 1 aliphatic rings. The van der Waals surface area contributed by atoms with Gasteiger partial charge in [0, 0.05) is 5.69 Å². The standard InChI is InChI=1S/C14H17F2NO2/c1-14(2,3)7-10-9-6-8(19-13(15)16)4-5-11(9)17-12(10)18/h4-6,10,13H,7H2,1-3H3,(H,17,18). The topological polar surface area (TPSA) is 38.3 Å². The molecule has 1 atom stereocenters. The predicted octanol–water partition coefficient (Wildman–Crippen LogP) is 3.76. The van der Waals surface area contributed by atoms with Gasteiger partial charge in [-0.15, -0.1) is 0 Å². The number of hydrogen-bond acceptors (Lipinski definition) is 2. The number of hydrogen-bond donors (Lipinski definition) is 1. The highest BCUT2D eigenvalue weighted by Gasteiger charge is 2.34. The van der Waals surface area contributed by atoms with Crippen molar-refractivity contribution in [3.05, 3.63) is 23.8 Å². The third-order valence-electron chi connectivity index (χ3n) is 3.01.